The molecular weight excluding hydrogens is 364 g/mol. The molecule has 3 rings (SSSR count). The normalized spacial score (nSPS) is 14.2. The van der Waals surface area contributed by atoms with Gasteiger partial charge in [0.05, 0.1) is 22.8 Å². The van der Waals surface area contributed by atoms with E-state index in [-0.39, 0.29) is 11.2 Å². The van der Waals surface area contributed by atoms with Gasteiger partial charge < -0.3 is 10.1 Å². The molecule has 0 saturated heterocycles. The van der Waals surface area contributed by atoms with E-state index in [9.17, 15) is 10.1 Å². The molecule has 1 aliphatic rings. The molecule has 0 spiro atoms. The summed E-state index contributed by atoms with van der Waals surface area (Å²) in [4.78, 5) is 15.1. The number of rotatable bonds is 6. The SMILES string of the molecule is CCC(Sc1ccccc1OC)C(=O)Nc1sc2c(c1C#N)CCCC2. The second kappa shape index (κ2) is 8.61. The Hall–Kier alpha value is -1.97. The third-order valence-electron chi connectivity index (χ3n) is 4.52. The third-order valence-corrected chi connectivity index (χ3v) is 7.15. The van der Waals surface area contributed by atoms with Crippen LogP contribution in [0.1, 0.15) is 42.2 Å². The van der Waals surface area contributed by atoms with Gasteiger partial charge in [-0.1, -0.05) is 19.1 Å². The molecule has 1 N–H and O–H groups in total. The highest BCUT2D eigenvalue weighted by Gasteiger charge is 2.25. The van der Waals surface area contributed by atoms with Crippen LogP contribution in [0.5, 0.6) is 5.75 Å². The number of carbonyl (C=O) groups is 1. The van der Waals surface area contributed by atoms with Crippen molar-refractivity contribution in [3.63, 3.8) is 0 Å². The van der Waals surface area contributed by atoms with E-state index >= 15 is 0 Å². The Morgan fingerprint density at radius 3 is 2.88 bits per heavy atom. The zero-order valence-electron chi connectivity index (χ0n) is 15.0. The van der Waals surface area contributed by atoms with E-state index in [1.54, 1.807) is 18.4 Å². The molecule has 1 amide bonds. The maximum atomic E-state index is 12.9. The number of carbonyl (C=O) groups excluding carboxylic acids is 1. The standard InChI is InChI=1S/C20H22N2O2S2/c1-3-16(25-18-11-7-5-9-15(18)24-2)19(23)22-20-14(12-21)13-8-4-6-10-17(13)26-20/h5,7,9,11,16H,3-4,6,8,10H2,1-2H3,(H,22,23). The first-order valence-corrected chi connectivity index (χ1v) is 10.5. The molecular formula is C20H22N2O2S2. The van der Waals surface area contributed by atoms with E-state index in [1.165, 1.54) is 16.6 Å². The fraction of sp³-hybridized carbons (Fsp3) is 0.400. The first-order chi connectivity index (χ1) is 12.7. The summed E-state index contributed by atoms with van der Waals surface area (Å²) in [6, 6.07) is 10.0. The van der Waals surface area contributed by atoms with Crippen molar-refractivity contribution in [3.05, 3.63) is 40.3 Å². The quantitative estimate of drug-likeness (QED) is 0.708. The van der Waals surface area contributed by atoms with Crippen molar-refractivity contribution in [2.75, 3.05) is 12.4 Å². The van der Waals surface area contributed by atoms with Crippen LogP contribution in [0.2, 0.25) is 0 Å². The number of thiophene rings is 1. The average Bonchev–Trinajstić information content (AvgIpc) is 3.03. The Balaban J connectivity index is 1.78. The van der Waals surface area contributed by atoms with E-state index in [0.29, 0.717) is 17.0 Å². The predicted octanol–water partition coefficient (Wildman–Crippen LogP) is 5.02. The Morgan fingerprint density at radius 2 is 2.15 bits per heavy atom. The number of methoxy groups -OCH3 is 1. The number of nitrogens with one attached hydrogen (secondary N) is 1. The molecule has 0 saturated carbocycles. The number of aryl methyl sites for hydroxylation is 1. The lowest BCUT2D eigenvalue weighted by Crippen LogP contribution is -2.24. The van der Waals surface area contributed by atoms with E-state index < -0.39 is 0 Å². The maximum Gasteiger partial charge on any atom is 0.238 e. The van der Waals surface area contributed by atoms with Gasteiger partial charge in [-0.25, -0.2) is 0 Å². The number of para-hydroxylation sites is 1. The highest BCUT2D eigenvalue weighted by Crippen LogP contribution is 2.39. The molecule has 26 heavy (non-hydrogen) atoms. The van der Waals surface area contributed by atoms with Gasteiger partial charge in [0, 0.05) is 4.88 Å². The Labute approximate surface area is 162 Å². The van der Waals surface area contributed by atoms with Crippen LogP contribution in [0.3, 0.4) is 0 Å². The minimum absolute atomic E-state index is 0.0569. The molecule has 0 bridgehead atoms. The highest BCUT2D eigenvalue weighted by molar-refractivity contribution is 8.00. The minimum Gasteiger partial charge on any atom is -0.496 e. The molecule has 0 fully saturated rings. The van der Waals surface area contributed by atoms with E-state index in [4.69, 9.17) is 4.74 Å². The largest absolute Gasteiger partial charge is 0.496 e. The summed E-state index contributed by atoms with van der Waals surface area (Å²) in [6.07, 6.45) is 4.93. The van der Waals surface area contributed by atoms with Crippen LogP contribution < -0.4 is 10.1 Å². The zero-order chi connectivity index (χ0) is 18.5. The Morgan fingerprint density at radius 1 is 1.38 bits per heavy atom. The van der Waals surface area contributed by atoms with Crippen molar-refractivity contribution >= 4 is 34.0 Å². The smallest absolute Gasteiger partial charge is 0.238 e. The van der Waals surface area contributed by atoms with Crippen LogP contribution in [0, 0.1) is 11.3 Å². The van der Waals surface area contributed by atoms with Gasteiger partial charge in [0.25, 0.3) is 0 Å². The number of thioether (sulfide) groups is 1. The molecule has 1 heterocycles. The van der Waals surface area contributed by atoms with E-state index in [1.807, 2.05) is 31.2 Å². The number of hydrogen-bond acceptors (Lipinski definition) is 5. The van der Waals surface area contributed by atoms with Crippen LogP contribution in [-0.4, -0.2) is 18.3 Å². The number of hydrogen-bond donors (Lipinski definition) is 1. The van der Waals surface area contributed by atoms with Crippen molar-refractivity contribution in [2.24, 2.45) is 0 Å². The molecule has 1 aromatic heterocycles. The van der Waals surface area contributed by atoms with Gasteiger partial charge >= 0.3 is 0 Å². The summed E-state index contributed by atoms with van der Waals surface area (Å²) in [7, 11) is 1.63. The molecule has 0 radical (unpaired) electrons. The molecule has 6 heteroatoms. The lowest BCUT2D eigenvalue weighted by Gasteiger charge is -2.16. The molecule has 2 aromatic rings. The number of benzene rings is 1. The molecule has 1 aromatic carbocycles. The molecule has 1 atom stereocenters. The number of nitriles is 1. The number of anilines is 1. The lowest BCUT2D eigenvalue weighted by atomic mass is 9.96. The van der Waals surface area contributed by atoms with Crippen LogP contribution in [0.15, 0.2) is 29.2 Å². The van der Waals surface area contributed by atoms with Gasteiger partial charge in [-0.2, -0.15) is 5.26 Å². The van der Waals surface area contributed by atoms with Gasteiger partial charge in [-0.3, -0.25) is 4.79 Å². The Kier molecular flexibility index (Phi) is 6.23. The number of amides is 1. The summed E-state index contributed by atoms with van der Waals surface area (Å²) in [5.74, 6) is 0.714. The van der Waals surface area contributed by atoms with Crippen LogP contribution in [-0.2, 0) is 17.6 Å². The predicted molar refractivity (Wildman–Crippen MR) is 107 cm³/mol. The highest BCUT2D eigenvalue weighted by atomic mass is 32.2. The summed E-state index contributed by atoms with van der Waals surface area (Å²) in [5.41, 5.74) is 1.81. The van der Waals surface area contributed by atoms with E-state index in [2.05, 4.69) is 11.4 Å². The van der Waals surface area contributed by atoms with Gasteiger partial charge in [0.1, 0.15) is 16.8 Å². The van der Waals surface area contributed by atoms with E-state index in [0.717, 1.165) is 41.9 Å². The Bertz CT molecular complexity index is 839. The average molecular weight is 387 g/mol. The third kappa shape index (κ3) is 3.89. The van der Waals surface area contributed by atoms with Crippen molar-refractivity contribution in [2.45, 2.75) is 49.2 Å². The zero-order valence-corrected chi connectivity index (χ0v) is 16.6. The van der Waals surface area contributed by atoms with Crippen molar-refractivity contribution < 1.29 is 9.53 Å². The number of ether oxygens (including phenoxy) is 1. The molecule has 4 nitrogen and oxygen atoms in total. The first-order valence-electron chi connectivity index (χ1n) is 8.83. The number of fused-ring (bicyclic) bond motifs is 1. The summed E-state index contributed by atoms with van der Waals surface area (Å²) in [5, 5.41) is 13.1. The molecule has 0 aliphatic heterocycles. The maximum absolute atomic E-state index is 12.9. The van der Waals surface area contributed by atoms with Gasteiger partial charge in [0.15, 0.2) is 0 Å². The lowest BCUT2D eigenvalue weighted by molar-refractivity contribution is -0.115. The number of nitrogens with zero attached hydrogens (tertiary/aromatic N) is 1. The van der Waals surface area contributed by atoms with Crippen molar-refractivity contribution in [1.29, 1.82) is 5.26 Å². The summed E-state index contributed by atoms with van der Waals surface area (Å²) < 4.78 is 5.39. The van der Waals surface area contributed by atoms with Crippen LogP contribution >= 0.6 is 23.1 Å². The van der Waals surface area contributed by atoms with Gasteiger partial charge in [-0.15, -0.1) is 23.1 Å². The molecule has 136 valence electrons. The fourth-order valence-electron chi connectivity index (χ4n) is 3.16. The second-order valence-corrected chi connectivity index (χ2v) is 8.53. The molecule has 1 aliphatic carbocycles. The topological polar surface area (TPSA) is 62.1 Å². The molecule has 1 unspecified atom stereocenters. The van der Waals surface area contributed by atoms with Crippen LogP contribution in [0.25, 0.3) is 0 Å². The minimum atomic E-state index is -0.239. The first kappa shape index (κ1) is 18.8. The van der Waals surface area contributed by atoms with Crippen molar-refractivity contribution in [1.82, 2.24) is 0 Å². The summed E-state index contributed by atoms with van der Waals surface area (Å²) in [6.45, 7) is 2.00. The van der Waals surface area contributed by atoms with Gasteiger partial charge in [-0.05, 0) is 49.8 Å². The van der Waals surface area contributed by atoms with Crippen LogP contribution in [0.4, 0.5) is 5.00 Å². The second-order valence-electron chi connectivity index (χ2n) is 6.18. The fourth-order valence-corrected chi connectivity index (χ4v) is 5.46. The summed E-state index contributed by atoms with van der Waals surface area (Å²) >= 11 is 3.07. The van der Waals surface area contributed by atoms with Crippen molar-refractivity contribution in [3.8, 4) is 11.8 Å². The monoisotopic (exact) mass is 386 g/mol. The van der Waals surface area contributed by atoms with Gasteiger partial charge in [0.2, 0.25) is 5.91 Å².